The number of ether oxygens (including phenoxy) is 2. The third-order valence-corrected chi connectivity index (χ3v) is 3.87. The molecule has 0 bridgehead atoms. The molecule has 7 nitrogen and oxygen atoms in total. The molecule has 0 aliphatic heterocycles. The van der Waals surface area contributed by atoms with Crippen LogP contribution in [0.3, 0.4) is 0 Å². The molecule has 0 radical (unpaired) electrons. The third-order valence-electron chi connectivity index (χ3n) is 3.87. The Hall–Kier alpha value is -3.19. The number of amides is 1. The maximum absolute atomic E-state index is 12.7. The number of carbonyl (C=O) groups excluding carboxylic acids is 1. The van der Waals surface area contributed by atoms with Gasteiger partial charge in [0.05, 0.1) is 12.8 Å². The van der Waals surface area contributed by atoms with E-state index in [2.05, 4.69) is 15.3 Å². The lowest BCUT2D eigenvalue weighted by Crippen LogP contribution is -2.31. The van der Waals surface area contributed by atoms with Crippen LogP contribution < -0.4 is 10.1 Å². The van der Waals surface area contributed by atoms with Crippen LogP contribution in [0, 0.1) is 0 Å². The fraction of sp³-hybridized carbons (Fsp3) is 0.250. The van der Waals surface area contributed by atoms with Gasteiger partial charge in [0.25, 0.3) is 5.91 Å². The Labute approximate surface area is 157 Å². The molecule has 0 aliphatic rings. The maximum atomic E-state index is 12.7. The molecule has 2 aromatic heterocycles. The molecule has 27 heavy (non-hydrogen) atoms. The van der Waals surface area contributed by atoms with Crippen molar-refractivity contribution >= 4 is 5.91 Å². The summed E-state index contributed by atoms with van der Waals surface area (Å²) in [5.41, 5.74) is 0.458. The molecule has 0 aliphatic carbocycles. The Balaban J connectivity index is 1.73. The molecule has 1 atom stereocenters. The number of methoxy groups -OCH3 is 1. The molecule has 7 heteroatoms. The van der Waals surface area contributed by atoms with E-state index in [0.29, 0.717) is 29.6 Å². The van der Waals surface area contributed by atoms with Crippen LogP contribution in [0.2, 0.25) is 0 Å². The molecule has 1 aromatic carbocycles. The van der Waals surface area contributed by atoms with E-state index in [4.69, 9.17) is 13.9 Å². The number of rotatable bonds is 8. The summed E-state index contributed by atoms with van der Waals surface area (Å²) in [5.74, 6) is 2.12. The van der Waals surface area contributed by atoms with Crippen LogP contribution in [0.5, 0.6) is 11.6 Å². The average Bonchev–Trinajstić information content (AvgIpc) is 3.18. The number of furan rings is 1. The van der Waals surface area contributed by atoms with E-state index < -0.39 is 0 Å². The van der Waals surface area contributed by atoms with Gasteiger partial charge in [-0.1, -0.05) is 13.0 Å². The molecule has 1 amide bonds. The van der Waals surface area contributed by atoms with Gasteiger partial charge in [0.1, 0.15) is 23.3 Å². The molecule has 1 N–H and O–H groups in total. The van der Waals surface area contributed by atoms with Crippen LogP contribution in [0.4, 0.5) is 0 Å². The summed E-state index contributed by atoms with van der Waals surface area (Å²) in [4.78, 5) is 20.7. The van der Waals surface area contributed by atoms with Gasteiger partial charge in [-0.05, 0) is 30.3 Å². The number of benzene rings is 1. The maximum Gasteiger partial charge on any atom is 0.252 e. The number of nitrogens with one attached hydrogen (secondary N) is 1. The fourth-order valence-electron chi connectivity index (χ4n) is 2.53. The highest BCUT2D eigenvalue weighted by Gasteiger charge is 2.19. The molecular formula is C20H21N3O4. The Morgan fingerprint density at radius 2 is 2.15 bits per heavy atom. The van der Waals surface area contributed by atoms with Crippen LogP contribution in [-0.4, -0.2) is 29.6 Å². The van der Waals surface area contributed by atoms with E-state index in [1.54, 1.807) is 37.6 Å². The Kier molecular flexibility index (Phi) is 6.17. The number of hydrogen-bond donors (Lipinski definition) is 1. The second-order valence-corrected chi connectivity index (χ2v) is 5.81. The van der Waals surface area contributed by atoms with Crippen molar-refractivity contribution < 1.29 is 18.7 Å². The largest absolute Gasteiger partial charge is 0.464 e. The smallest absolute Gasteiger partial charge is 0.252 e. The second-order valence-electron chi connectivity index (χ2n) is 5.81. The minimum atomic E-state index is -0.382. The van der Waals surface area contributed by atoms with Gasteiger partial charge in [-0.25, -0.2) is 4.98 Å². The van der Waals surface area contributed by atoms with Gasteiger partial charge in [0, 0.05) is 31.5 Å². The highest BCUT2D eigenvalue weighted by atomic mass is 16.5. The first-order valence-electron chi connectivity index (χ1n) is 8.62. The van der Waals surface area contributed by atoms with Gasteiger partial charge in [0.15, 0.2) is 0 Å². The highest BCUT2D eigenvalue weighted by Crippen LogP contribution is 2.21. The fourth-order valence-corrected chi connectivity index (χ4v) is 2.53. The Morgan fingerprint density at radius 1 is 1.26 bits per heavy atom. The molecule has 0 spiro atoms. The molecule has 0 saturated heterocycles. The van der Waals surface area contributed by atoms with Crippen molar-refractivity contribution in [1.29, 1.82) is 0 Å². The highest BCUT2D eigenvalue weighted by molar-refractivity contribution is 5.94. The molecule has 140 valence electrons. The van der Waals surface area contributed by atoms with E-state index in [-0.39, 0.29) is 11.9 Å². The normalized spacial score (nSPS) is 11.8. The lowest BCUT2D eigenvalue weighted by molar-refractivity contribution is 0.0882. The van der Waals surface area contributed by atoms with Gasteiger partial charge in [0.2, 0.25) is 5.88 Å². The van der Waals surface area contributed by atoms with Crippen molar-refractivity contribution in [3.05, 3.63) is 72.1 Å². The average molecular weight is 367 g/mol. The topological polar surface area (TPSA) is 86.5 Å². The van der Waals surface area contributed by atoms with E-state index in [1.807, 2.05) is 19.1 Å². The predicted octanol–water partition coefficient (Wildman–Crippen LogP) is 3.54. The minimum absolute atomic E-state index is 0.254. The molecule has 1 unspecified atom stereocenters. The van der Waals surface area contributed by atoms with E-state index in [1.165, 1.54) is 12.4 Å². The second kappa shape index (κ2) is 8.95. The van der Waals surface area contributed by atoms with Crippen LogP contribution in [0.15, 0.2) is 59.4 Å². The first-order valence-corrected chi connectivity index (χ1v) is 8.62. The molecule has 2 heterocycles. The number of aromatic nitrogens is 2. The summed E-state index contributed by atoms with van der Waals surface area (Å²) >= 11 is 0. The van der Waals surface area contributed by atoms with E-state index in [0.717, 1.165) is 12.2 Å². The monoisotopic (exact) mass is 367 g/mol. The number of aryl methyl sites for hydroxylation is 1. The molecule has 0 fully saturated rings. The van der Waals surface area contributed by atoms with Crippen LogP contribution in [0.1, 0.15) is 34.8 Å². The number of nitrogens with zero attached hydrogens (tertiary/aromatic N) is 2. The van der Waals surface area contributed by atoms with Crippen molar-refractivity contribution in [1.82, 2.24) is 15.3 Å². The molecule has 0 saturated carbocycles. The minimum Gasteiger partial charge on any atom is -0.464 e. The standard InChI is InChI=1S/C20H21N3O4/c1-3-15-7-8-18(26-15)17(13-25-2)23-20(24)14-5-4-6-16(11-14)27-19-12-21-9-10-22-19/h4-12,17H,3,13H2,1-2H3,(H,23,24). The van der Waals surface area contributed by atoms with E-state index in [9.17, 15) is 4.79 Å². The zero-order valence-corrected chi connectivity index (χ0v) is 15.2. The summed E-state index contributed by atoms with van der Waals surface area (Å²) in [6.45, 7) is 2.31. The zero-order chi connectivity index (χ0) is 19.1. The quantitative estimate of drug-likeness (QED) is 0.655. The summed E-state index contributed by atoms with van der Waals surface area (Å²) < 4.78 is 16.6. The Bertz CT molecular complexity index is 880. The summed E-state index contributed by atoms with van der Waals surface area (Å²) in [5, 5.41) is 2.94. The first kappa shape index (κ1) is 18.6. The van der Waals surface area contributed by atoms with Crippen LogP contribution in [0.25, 0.3) is 0 Å². The van der Waals surface area contributed by atoms with Crippen LogP contribution >= 0.6 is 0 Å². The van der Waals surface area contributed by atoms with Gasteiger partial charge >= 0.3 is 0 Å². The Morgan fingerprint density at radius 3 is 2.85 bits per heavy atom. The number of carbonyl (C=O) groups is 1. The number of hydrogen-bond acceptors (Lipinski definition) is 6. The van der Waals surface area contributed by atoms with Gasteiger partial charge in [-0.15, -0.1) is 0 Å². The molecule has 3 rings (SSSR count). The molecular weight excluding hydrogens is 346 g/mol. The molecule has 3 aromatic rings. The van der Waals surface area contributed by atoms with Crippen LogP contribution in [-0.2, 0) is 11.2 Å². The third kappa shape index (κ3) is 4.92. The lowest BCUT2D eigenvalue weighted by Gasteiger charge is -2.16. The zero-order valence-electron chi connectivity index (χ0n) is 15.2. The first-order chi connectivity index (χ1) is 13.2. The van der Waals surface area contributed by atoms with Crippen molar-refractivity contribution in [2.24, 2.45) is 0 Å². The van der Waals surface area contributed by atoms with Gasteiger partial charge < -0.3 is 19.2 Å². The summed E-state index contributed by atoms with van der Waals surface area (Å²) in [6, 6.07) is 10.2. The van der Waals surface area contributed by atoms with Gasteiger partial charge in [-0.2, -0.15) is 0 Å². The van der Waals surface area contributed by atoms with Gasteiger partial charge in [-0.3, -0.25) is 9.78 Å². The van der Waals surface area contributed by atoms with Crippen molar-refractivity contribution in [2.45, 2.75) is 19.4 Å². The van der Waals surface area contributed by atoms with E-state index >= 15 is 0 Å². The SMILES string of the molecule is CCc1ccc(C(COC)NC(=O)c2cccc(Oc3cnccn3)c2)o1. The summed E-state index contributed by atoms with van der Waals surface area (Å²) in [7, 11) is 1.58. The van der Waals surface area contributed by atoms with Crippen molar-refractivity contribution in [3.8, 4) is 11.6 Å². The predicted molar refractivity (Wildman–Crippen MR) is 98.7 cm³/mol. The van der Waals surface area contributed by atoms with Crippen molar-refractivity contribution in [2.75, 3.05) is 13.7 Å². The lowest BCUT2D eigenvalue weighted by atomic mass is 10.1. The summed E-state index contributed by atoms with van der Waals surface area (Å²) in [6.07, 6.45) is 5.39. The van der Waals surface area contributed by atoms with Crippen molar-refractivity contribution in [3.63, 3.8) is 0 Å².